The van der Waals surface area contributed by atoms with Gasteiger partial charge in [-0.25, -0.2) is 8.78 Å². The van der Waals surface area contributed by atoms with Crippen molar-refractivity contribution in [3.8, 4) is 6.07 Å². The van der Waals surface area contributed by atoms with Gasteiger partial charge in [0.15, 0.2) is 11.6 Å². The van der Waals surface area contributed by atoms with E-state index in [1.165, 1.54) is 37.8 Å². The Bertz CT molecular complexity index is 439. The first-order valence-electron chi connectivity index (χ1n) is 6.82. The molecule has 19 heavy (non-hydrogen) atoms. The molecule has 1 aromatic rings. The molecule has 0 aliphatic carbocycles. The van der Waals surface area contributed by atoms with Crippen LogP contribution >= 0.6 is 0 Å². The third-order valence-corrected chi connectivity index (χ3v) is 3.05. The molecule has 0 unspecified atom stereocenters. The molecule has 0 radical (unpaired) electrons. The zero-order valence-corrected chi connectivity index (χ0v) is 11.3. The van der Waals surface area contributed by atoms with E-state index in [2.05, 4.69) is 12.2 Å². The van der Waals surface area contributed by atoms with Crippen LogP contribution in [0, 0.1) is 23.0 Å². The zero-order valence-electron chi connectivity index (χ0n) is 11.3. The molecule has 0 saturated carbocycles. The normalized spacial score (nSPS) is 10.2. The van der Waals surface area contributed by atoms with E-state index in [0.717, 1.165) is 12.8 Å². The van der Waals surface area contributed by atoms with Crippen molar-refractivity contribution in [1.82, 2.24) is 0 Å². The summed E-state index contributed by atoms with van der Waals surface area (Å²) in [6.45, 7) is 2.79. The molecule has 1 aromatic carbocycles. The van der Waals surface area contributed by atoms with Gasteiger partial charge in [-0.05, 0) is 18.6 Å². The number of unbranched alkanes of at least 4 members (excludes halogenated alkanes) is 5. The van der Waals surface area contributed by atoms with Gasteiger partial charge in [0.2, 0.25) is 0 Å². The van der Waals surface area contributed by atoms with Crippen molar-refractivity contribution in [1.29, 1.82) is 5.26 Å². The quantitative estimate of drug-likeness (QED) is 0.697. The number of rotatable bonds is 8. The van der Waals surface area contributed by atoms with Crippen LogP contribution in [0.2, 0.25) is 0 Å². The lowest BCUT2D eigenvalue weighted by Gasteiger charge is -2.08. The highest BCUT2D eigenvalue weighted by molar-refractivity contribution is 5.49. The summed E-state index contributed by atoms with van der Waals surface area (Å²) in [6, 6.07) is 4.32. The Kier molecular flexibility index (Phi) is 6.88. The van der Waals surface area contributed by atoms with Gasteiger partial charge in [-0.1, -0.05) is 39.0 Å². The van der Waals surface area contributed by atoms with E-state index in [1.807, 2.05) is 0 Å². The van der Waals surface area contributed by atoms with E-state index in [9.17, 15) is 8.78 Å². The van der Waals surface area contributed by atoms with Gasteiger partial charge in [-0.15, -0.1) is 0 Å². The predicted octanol–water partition coefficient (Wildman–Crippen LogP) is 4.61. The summed E-state index contributed by atoms with van der Waals surface area (Å²) in [6.07, 6.45) is 6.91. The van der Waals surface area contributed by atoms with E-state index in [-0.39, 0.29) is 11.3 Å². The molecule has 0 spiro atoms. The van der Waals surface area contributed by atoms with Crippen LogP contribution in [0.4, 0.5) is 14.5 Å². The molecular formula is C15H20F2N2. The molecule has 0 amide bonds. The number of nitrogens with zero attached hydrogens (tertiary/aromatic N) is 1. The molecule has 0 heterocycles. The van der Waals surface area contributed by atoms with Crippen molar-refractivity contribution >= 4 is 5.69 Å². The first-order valence-corrected chi connectivity index (χ1v) is 6.82. The standard InChI is InChI=1S/C15H20F2N2/c1-2-3-4-5-6-7-10-19-13-9-8-12(11-18)14(16)15(13)17/h8-9,19H,2-7,10H2,1H3. The number of anilines is 1. The van der Waals surface area contributed by atoms with Crippen molar-refractivity contribution in [3.05, 3.63) is 29.3 Å². The van der Waals surface area contributed by atoms with Crippen molar-refractivity contribution in [2.75, 3.05) is 11.9 Å². The Morgan fingerprint density at radius 2 is 1.74 bits per heavy atom. The second-order valence-electron chi connectivity index (χ2n) is 4.59. The van der Waals surface area contributed by atoms with Crippen molar-refractivity contribution < 1.29 is 8.78 Å². The zero-order chi connectivity index (χ0) is 14.1. The highest BCUT2D eigenvalue weighted by atomic mass is 19.2. The summed E-state index contributed by atoms with van der Waals surface area (Å²) in [4.78, 5) is 0. The lowest BCUT2D eigenvalue weighted by molar-refractivity contribution is 0.508. The van der Waals surface area contributed by atoms with Crippen molar-refractivity contribution in [2.45, 2.75) is 45.4 Å². The monoisotopic (exact) mass is 266 g/mol. The number of halogens is 2. The summed E-state index contributed by atoms with van der Waals surface area (Å²) in [5.41, 5.74) is -0.132. The molecule has 0 fully saturated rings. The first kappa shape index (κ1) is 15.4. The molecule has 1 rings (SSSR count). The van der Waals surface area contributed by atoms with Crippen LogP contribution in [0.3, 0.4) is 0 Å². The Morgan fingerprint density at radius 1 is 1.05 bits per heavy atom. The summed E-state index contributed by atoms with van der Waals surface area (Å²) >= 11 is 0. The van der Waals surface area contributed by atoms with E-state index in [4.69, 9.17) is 5.26 Å². The van der Waals surface area contributed by atoms with Gasteiger partial charge in [-0.2, -0.15) is 5.26 Å². The van der Waals surface area contributed by atoms with Gasteiger partial charge in [0, 0.05) is 6.54 Å². The smallest absolute Gasteiger partial charge is 0.183 e. The highest BCUT2D eigenvalue weighted by Crippen LogP contribution is 2.20. The summed E-state index contributed by atoms with van der Waals surface area (Å²) in [5, 5.41) is 11.4. The minimum Gasteiger partial charge on any atom is -0.383 e. The SMILES string of the molecule is CCCCCCCCNc1ccc(C#N)c(F)c1F. The van der Waals surface area contributed by atoms with Gasteiger partial charge in [0.1, 0.15) is 6.07 Å². The lowest BCUT2D eigenvalue weighted by Crippen LogP contribution is -2.05. The van der Waals surface area contributed by atoms with Gasteiger partial charge in [-0.3, -0.25) is 0 Å². The molecule has 0 saturated heterocycles. The number of hydrogen-bond acceptors (Lipinski definition) is 2. The molecule has 0 aliphatic heterocycles. The molecule has 104 valence electrons. The number of hydrogen-bond donors (Lipinski definition) is 1. The van der Waals surface area contributed by atoms with Gasteiger partial charge < -0.3 is 5.32 Å². The lowest BCUT2D eigenvalue weighted by atomic mass is 10.1. The molecule has 4 heteroatoms. The fraction of sp³-hybridized carbons (Fsp3) is 0.533. The number of nitrogens with one attached hydrogen (secondary N) is 1. The van der Waals surface area contributed by atoms with Crippen LogP contribution in [-0.2, 0) is 0 Å². The molecule has 1 N–H and O–H groups in total. The number of nitriles is 1. The molecule has 0 aromatic heterocycles. The molecule has 0 aliphatic rings. The molecule has 0 bridgehead atoms. The van der Waals surface area contributed by atoms with Crippen LogP contribution in [0.1, 0.15) is 51.0 Å². The van der Waals surface area contributed by atoms with Crippen LogP contribution < -0.4 is 5.32 Å². The maximum absolute atomic E-state index is 13.5. The van der Waals surface area contributed by atoms with Crippen molar-refractivity contribution in [2.24, 2.45) is 0 Å². The average molecular weight is 266 g/mol. The first-order chi connectivity index (χ1) is 9.20. The number of benzene rings is 1. The van der Waals surface area contributed by atoms with E-state index in [0.29, 0.717) is 6.54 Å². The van der Waals surface area contributed by atoms with E-state index < -0.39 is 11.6 Å². The van der Waals surface area contributed by atoms with Crippen molar-refractivity contribution in [3.63, 3.8) is 0 Å². The molecule has 0 atom stereocenters. The predicted molar refractivity (Wildman–Crippen MR) is 72.9 cm³/mol. The minimum atomic E-state index is -1.07. The second-order valence-corrected chi connectivity index (χ2v) is 4.59. The van der Waals surface area contributed by atoms with Crippen LogP contribution in [-0.4, -0.2) is 6.54 Å². The maximum atomic E-state index is 13.5. The fourth-order valence-electron chi connectivity index (χ4n) is 1.90. The highest BCUT2D eigenvalue weighted by Gasteiger charge is 2.12. The van der Waals surface area contributed by atoms with Crippen LogP contribution in [0.5, 0.6) is 0 Å². The van der Waals surface area contributed by atoms with Gasteiger partial charge >= 0.3 is 0 Å². The molecular weight excluding hydrogens is 246 g/mol. The largest absolute Gasteiger partial charge is 0.383 e. The van der Waals surface area contributed by atoms with Gasteiger partial charge in [0.25, 0.3) is 0 Å². The average Bonchev–Trinajstić information content (AvgIpc) is 2.42. The summed E-state index contributed by atoms with van der Waals surface area (Å²) < 4.78 is 26.9. The Labute approximate surface area is 113 Å². The molecule has 2 nitrogen and oxygen atoms in total. The Balaban J connectivity index is 2.34. The van der Waals surface area contributed by atoms with Gasteiger partial charge in [0.05, 0.1) is 11.3 Å². The maximum Gasteiger partial charge on any atom is 0.183 e. The topological polar surface area (TPSA) is 35.8 Å². The Morgan fingerprint density at radius 3 is 2.42 bits per heavy atom. The van der Waals surface area contributed by atoms with E-state index in [1.54, 1.807) is 6.07 Å². The van der Waals surface area contributed by atoms with Crippen LogP contribution in [0.25, 0.3) is 0 Å². The summed E-state index contributed by atoms with van der Waals surface area (Å²) in [7, 11) is 0. The van der Waals surface area contributed by atoms with E-state index >= 15 is 0 Å². The third-order valence-electron chi connectivity index (χ3n) is 3.05. The Hall–Kier alpha value is -1.63. The third kappa shape index (κ3) is 4.86. The van der Waals surface area contributed by atoms with Crippen LogP contribution in [0.15, 0.2) is 12.1 Å². The minimum absolute atomic E-state index is 0.130. The fourth-order valence-corrected chi connectivity index (χ4v) is 1.90. The second kappa shape index (κ2) is 8.47. The summed E-state index contributed by atoms with van der Waals surface area (Å²) in [5.74, 6) is -2.04.